The summed E-state index contributed by atoms with van der Waals surface area (Å²) in [7, 11) is 1.38. The Morgan fingerprint density at radius 2 is 2.27 bits per heavy atom. The van der Waals surface area contributed by atoms with Gasteiger partial charge in [0, 0.05) is 0 Å². The lowest BCUT2D eigenvalue weighted by molar-refractivity contribution is -0.135. The quantitative estimate of drug-likeness (QED) is 0.309. The van der Waals surface area contributed by atoms with Crippen molar-refractivity contribution in [3.63, 3.8) is 0 Å². The third-order valence-electron chi connectivity index (χ3n) is 0.839. The fourth-order valence-corrected chi connectivity index (χ4v) is 0.772. The first-order valence-corrected chi connectivity index (χ1v) is 4.21. The third kappa shape index (κ3) is 3.98. The van der Waals surface area contributed by atoms with Gasteiger partial charge in [-0.15, -0.1) is 0 Å². The molecule has 0 spiro atoms. The first-order chi connectivity index (χ1) is 5.26. The van der Waals surface area contributed by atoms with Crippen LogP contribution in [0.15, 0.2) is 5.16 Å². The van der Waals surface area contributed by atoms with Gasteiger partial charge in [0.05, 0.1) is 11.9 Å². The summed E-state index contributed by atoms with van der Waals surface area (Å²) in [6.07, 6.45) is 0. The molecule has 64 valence electrons. The van der Waals surface area contributed by atoms with E-state index in [0.717, 1.165) is 0 Å². The SMILES string of the molecule is CCOC(=O)/C(CBr)=N\OC. The molecule has 0 aromatic carbocycles. The van der Waals surface area contributed by atoms with Crippen LogP contribution in [0.4, 0.5) is 0 Å². The number of esters is 1. The number of oxime groups is 1. The number of hydrogen-bond acceptors (Lipinski definition) is 4. The van der Waals surface area contributed by atoms with E-state index in [2.05, 4.69) is 30.7 Å². The Labute approximate surface area is 73.7 Å². The van der Waals surface area contributed by atoms with Crippen molar-refractivity contribution in [1.82, 2.24) is 0 Å². The lowest BCUT2D eigenvalue weighted by Gasteiger charge is -2.00. The summed E-state index contributed by atoms with van der Waals surface area (Å²) in [5, 5.41) is 3.79. The number of carbonyl (C=O) groups is 1. The first-order valence-electron chi connectivity index (χ1n) is 3.09. The van der Waals surface area contributed by atoms with Crippen LogP contribution in [-0.4, -0.2) is 30.7 Å². The van der Waals surface area contributed by atoms with Crippen molar-refractivity contribution in [2.24, 2.45) is 5.16 Å². The Hall–Kier alpha value is -0.580. The molecule has 5 heteroatoms. The van der Waals surface area contributed by atoms with Crippen LogP contribution in [0.3, 0.4) is 0 Å². The van der Waals surface area contributed by atoms with E-state index in [1.54, 1.807) is 6.92 Å². The highest BCUT2D eigenvalue weighted by Gasteiger charge is 2.10. The highest BCUT2D eigenvalue weighted by molar-refractivity contribution is 9.09. The molecule has 0 atom stereocenters. The second kappa shape index (κ2) is 6.15. The van der Waals surface area contributed by atoms with Crippen LogP contribution in [0.25, 0.3) is 0 Å². The van der Waals surface area contributed by atoms with E-state index in [1.165, 1.54) is 7.11 Å². The van der Waals surface area contributed by atoms with E-state index < -0.39 is 5.97 Å². The van der Waals surface area contributed by atoms with E-state index in [-0.39, 0.29) is 5.71 Å². The summed E-state index contributed by atoms with van der Waals surface area (Å²) in [4.78, 5) is 15.3. The standard InChI is InChI=1S/C6H10BrNO3/c1-3-11-6(9)5(4-7)8-10-2/h3-4H2,1-2H3/b8-5-. The predicted octanol–water partition coefficient (Wildman–Crippen LogP) is 0.947. The third-order valence-corrected chi connectivity index (χ3v) is 1.37. The summed E-state index contributed by atoms with van der Waals surface area (Å²) in [6, 6.07) is 0. The van der Waals surface area contributed by atoms with Gasteiger partial charge in [-0.1, -0.05) is 21.1 Å². The Bertz CT molecular complexity index is 158. The van der Waals surface area contributed by atoms with Gasteiger partial charge in [0.25, 0.3) is 0 Å². The Morgan fingerprint density at radius 3 is 2.64 bits per heavy atom. The van der Waals surface area contributed by atoms with Crippen LogP contribution in [0, 0.1) is 0 Å². The molecule has 0 unspecified atom stereocenters. The largest absolute Gasteiger partial charge is 0.461 e. The molecule has 0 aliphatic rings. The van der Waals surface area contributed by atoms with Crippen LogP contribution in [0.5, 0.6) is 0 Å². The highest BCUT2D eigenvalue weighted by atomic mass is 79.9. The minimum absolute atomic E-state index is 0.231. The number of nitrogens with zero attached hydrogens (tertiary/aromatic N) is 1. The molecule has 0 amide bonds. The molecule has 0 fully saturated rings. The number of hydrogen-bond donors (Lipinski definition) is 0. The first kappa shape index (κ1) is 10.4. The van der Waals surface area contributed by atoms with Crippen LogP contribution < -0.4 is 0 Å². The average molecular weight is 224 g/mol. The van der Waals surface area contributed by atoms with Gasteiger partial charge in [-0.2, -0.15) is 0 Å². The van der Waals surface area contributed by atoms with Gasteiger partial charge in [-0.05, 0) is 6.92 Å². The Balaban J connectivity index is 4.03. The van der Waals surface area contributed by atoms with Crippen molar-refractivity contribution in [2.75, 3.05) is 19.0 Å². The van der Waals surface area contributed by atoms with E-state index >= 15 is 0 Å². The van der Waals surface area contributed by atoms with E-state index in [9.17, 15) is 4.79 Å². The topological polar surface area (TPSA) is 47.9 Å². The Morgan fingerprint density at radius 1 is 1.64 bits per heavy atom. The molecule has 0 aliphatic heterocycles. The molecule has 0 saturated heterocycles. The molecule has 0 aromatic rings. The van der Waals surface area contributed by atoms with Crippen LogP contribution in [0.1, 0.15) is 6.92 Å². The van der Waals surface area contributed by atoms with Gasteiger partial charge in [0.2, 0.25) is 0 Å². The summed E-state index contributed by atoms with van der Waals surface area (Å²) in [5.41, 5.74) is 0.231. The van der Waals surface area contributed by atoms with Crippen LogP contribution in [0.2, 0.25) is 0 Å². The van der Waals surface area contributed by atoms with Gasteiger partial charge in [-0.3, -0.25) is 0 Å². The molecule has 0 aromatic heterocycles. The van der Waals surface area contributed by atoms with Crippen molar-refractivity contribution >= 4 is 27.6 Å². The number of rotatable bonds is 4. The fourth-order valence-electron chi connectivity index (χ4n) is 0.441. The van der Waals surface area contributed by atoms with E-state index in [4.69, 9.17) is 0 Å². The smallest absolute Gasteiger partial charge is 0.356 e. The van der Waals surface area contributed by atoms with E-state index in [0.29, 0.717) is 11.9 Å². The monoisotopic (exact) mass is 223 g/mol. The summed E-state index contributed by atoms with van der Waals surface area (Å²) < 4.78 is 4.67. The molecule has 0 N–H and O–H groups in total. The minimum atomic E-state index is -0.453. The maximum Gasteiger partial charge on any atom is 0.356 e. The van der Waals surface area contributed by atoms with Crippen molar-refractivity contribution < 1.29 is 14.4 Å². The number of carbonyl (C=O) groups excluding carboxylic acids is 1. The second-order valence-corrected chi connectivity index (χ2v) is 2.14. The zero-order chi connectivity index (χ0) is 8.69. The molecule has 0 bridgehead atoms. The average Bonchev–Trinajstić information content (AvgIpc) is 2.00. The fraction of sp³-hybridized carbons (Fsp3) is 0.667. The molecule has 0 saturated carbocycles. The van der Waals surface area contributed by atoms with Gasteiger partial charge < -0.3 is 9.57 Å². The number of alkyl halides is 1. The van der Waals surface area contributed by atoms with Gasteiger partial charge in [0.1, 0.15) is 7.11 Å². The molecule has 11 heavy (non-hydrogen) atoms. The number of halogens is 1. The molecule has 4 nitrogen and oxygen atoms in total. The minimum Gasteiger partial charge on any atom is -0.461 e. The van der Waals surface area contributed by atoms with Crippen molar-refractivity contribution in [2.45, 2.75) is 6.92 Å². The van der Waals surface area contributed by atoms with Crippen LogP contribution >= 0.6 is 15.9 Å². The molecule has 0 heterocycles. The van der Waals surface area contributed by atoms with Gasteiger partial charge in [-0.25, -0.2) is 4.79 Å². The maximum absolute atomic E-state index is 10.9. The molecule has 0 aliphatic carbocycles. The summed E-state index contributed by atoms with van der Waals surface area (Å²) in [6.45, 7) is 2.07. The van der Waals surface area contributed by atoms with Crippen LogP contribution in [-0.2, 0) is 14.4 Å². The van der Waals surface area contributed by atoms with Crippen molar-refractivity contribution in [3.8, 4) is 0 Å². The molecule has 0 rings (SSSR count). The van der Waals surface area contributed by atoms with E-state index in [1.807, 2.05) is 0 Å². The second-order valence-electron chi connectivity index (χ2n) is 1.57. The normalized spacial score (nSPS) is 11.0. The van der Waals surface area contributed by atoms with Crippen molar-refractivity contribution in [3.05, 3.63) is 0 Å². The lowest BCUT2D eigenvalue weighted by Crippen LogP contribution is -2.18. The summed E-state index contributed by atoms with van der Waals surface area (Å²) >= 11 is 3.08. The van der Waals surface area contributed by atoms with Gasteiger partial charge in [0.15, 0.2) is 5.71 Å². The summed E-state index contributed by atoms with van der Waals surface area (Å²) in [5.74, 6) is -0.453. The van der Waals surface area contributed by atoms with Gasteiger partial charge >= 0.3 is 5.97 Å². The predicted molar refractivity (Wildman–Crippen MR) is 44.9 cm³/mol. The van der Waals surface area contributed by atoms with Crippen molar-refractivity contribution in [1.29, 1.82) is 0 Å². The lowest BCUT2D eigenvalue weighted by atomic mass is 10.4. The zero-order valence-electron chi connectivity index (χ0n) is 6.46. The highest BCUT2D eigenvalue weighted by Crippen LogP contribution is 1.91. The maximum atomic E-state index is 10.9. The molecular weight excluding hydrogens is 214 g/mol. The Kier molecular flexibility index (Phi) is 5.83. The zero-order valence-corrected chi connectivity index (χ0v) is 8.05. The molecular formula is C6H10BrNO3. The number of ether oxygens (including phenoxy) is 1. The molecule has 0 radical (unpaired) electrons.